The van der Waals surface area contributed by atoms with E-state index in [1.54, 1.807) is 7.05 Å². The highest BCUT2D eigenvalue weighted by atomic mass is 16.8. The van der Waals surface area contributed by atoms with Crippen LogP contribution in [-0.2, 0) is 23.7 Å². The van der Waals surface area contributed by atoms with E-state index in [9.17, 15) is 20.4 Å². The third-order valence-electron chi connectivity index (χ3n) is 7.68. The van der Waals surface area contributed by atoms with Crippen LogP contribution >= 0.6 is 0 Å². The largest absolute Gasteiger partial charge is 0.394 e. The van der Waals surface area contributed by atoms with Crippen LogP contribution < -0.4 is 34.0 Å². The van der Waals surface area contributed by atoms with Crippen LogP contribution in [0.25, 0.3) is 0 Å². The molecule has 0 aromatic carbocycles. The fraction of sp³-hybridized carbons (Fsp3) is 1.00. The minimum absolute atomic E-state index is 0.166. The van der Waals surface area contributed by atoms with Gasteiger partial charge in [0.25, 0.3) is 0 Å². The van der Waals surface area contributed by atoms with Crippen molar-refractivity contribution in [3.05, 3.63) is 0 Å². The summed E-state index contributed by atoms with van der Waals surface area (Å²) in [5.74, 6) is 0. The Hall–Kier alpha value is -0.600. The second kappa shape index (κ2) is 11.6. The average Bonchev–Trinajstić information content (AvgIpc) is 2.83. The summed E-state index contributed by atoms with van der Waals surface area (Å²) in [6.07, 6.45) is -8.46. The van der Waals surface area contributed by atoms with Crippen LogP contribution in [0.15, 0.2) is 0 Å². The van der Waals surface area contributed by atoms with Crippen LogP contribution in [-0.4, -0.2) is 132 Å². The van der Waals surface area contributed by atoms with E-state index >= 15 is 0 Å². The van der Waals surface area contributed by atoms with Gasteiger partial charge < -0.3 is 78.1 Å². The Morgan fingerprint density at radius 3 is 2.17 bits per heavy atom. The molecule has 4 aliphatic rings. The lowest BCUT2D eigenvalue weighted by molar-refractivity contribution is -0.366. The van der Waals surface area contributed by atoms with E-state index in [1.807, 2.05) is 0 Å². The zero-order valence-electron chi connectivity index (χ0n) is 20.3. The van der Waals surface area contributed by atoms with E-state index in [-0.39, 0.29) is 19.4 Å². The normalized spacial score (nSPS) is 54.2. The fourth-order valence-corrected chi connectivity index (χ4v) is 5.51. The van der Waals surface area contributed by atoms with Crippen LogP contribution in [0.4, 0.5) is 0 Å². The number of rotatable bonds is 6. The maximum Gasteiger partial charge on any atom is 0.187 e. The third kappa shape index (κ3) is 5.56. The van der Waals surface area contributed by atoms with Crippen molar-refractivity contribution in [1.29, 1.82) is 0 Å². The summed E-state index contributed by atoms with van der Waals surface area (Å²) in [4.78, 5) is 0. The predicted octanol–water partition coefficient (Wildman–Crippen LogP) is -5.95. The molecule has 0 amide bonds. The zero-order chi connectivity index (χ0) is 26.3. The highest BCUT2D eigenvalue weighted by molar-refractivity contribution is 5.02. The molecule has 0 radical (unpaired) electrons. The lowest BCUT2D eigenvalue weighted by atomic mass is 9.83. The standard InChI is InChI=1S/C21H42N6O9/c1-27-14-16(31)18-11(32-21(14)36-20-10(29)3-6(22)12(5-28)33-20)4-9(25)19(35-18)34-17-8(24)2-7(23)15(30)13(17)26/h6-21,27-31H,2-5,22-26H2,1H3/t6-,7+,8?,9?,10?,11-,12?,13+,14?,15?,16?,17+,18?,19-,20+,21?/m0/s1. The smallest absolute Gasteiger partial charge is 0.187 e. The molecular formula is C21H42N6O9. The Morgan fingerprint density at radius 1 is 0.778 bits per heavy atom. The molecule has 15 heteroatoms. The Bertz CT molecular complexity index is 727. The van der Waals surface area contributed by atoms with Gasteiger partial charge in [-0.1, -0.05) is 0 Å². The molecule has 1 aliphatic carbocycles. The number of nitrogens with two attached hydrogens (primary N) is 5. The third-order valence-corrected chi connectivity index (χ3v) is 7.68. The first-order valence-corrected chi connectivity index (χ1v) is 12.4. The summed E-state index contributed by atoms with van der Waals surface area (Å²) in [6, 6.07) is -3.89. The first-order valence-electron chi connectivity index (χ1n) is 12.4. The predicted molar refractivity (Wildman–Crippen MR) is 124 cm³/mol. The molecule has 0 spiro atoms. The first-order chi connectivity index (χ1) is 17.0. The summed E-state index contributed by atoms with van der Waals surface area (Å²) in [5.41, 5.74) is 30.4. The van der Waals surface area contributed by atoms with Gasteiger partial charge in [-0.15, -0.1) is 0 Å². The van der Waals surface area contributed by atoms with Gasteiger partial charge in [0.15, 0.2) is 18.9 Å². The fourth-order valence-electron chi connectivity index (χ4n) is 5.51. The second-order valence-corrected chi connectivity index (χ2v) is 10.3. The molecular weight excluding hydrogens is 480 g/mol. The maximum atomic E-state index is 11.1. The molecule has 0 bridgehead atoms. The number of fused-ring (bicyclic) bond motifs is 1. The minimum atomic E-state index is -1.12. The van der Waals surface area contributed by atoms with E-state index in [0.717, 1.165) is 0 Å². The second-order valence-electron chi connectivity index (χ2n) is 10.3. The minimum Gasteiger partial charge on any atom is -0.394 e. The van der Waals surface area contributed by atoms with E-state index in [1.165, 1.54) is 0 Å². The van der Waals surface area contributed by atoms with Crippen molar-refractivity contribution >= 4 is 0 Å². The van der Waals surface area contributed by atoms with Crippen molar-refractivity contribution in [2.45, 2.75) is 117 Å². The monoisotopic (exact) mass is 522 g/mol. The van der Waals surface area contributed by atoms with Crippen LogP contribution in [0.2, 0.25) is 0 Å². The topological polar surface area (TPSA) is 269 Å². The Kier molecular flexibility index (Phi) is 9.19. The molecule has 3 aliphatic heterocycles. The number of aliphatic hydroxyl groups is 4. The molecule has 9 unspecified atom stereocenters. The first kappa shape index (κ1) is 28.4. The van der Waals surface area contributed by atoms with Crippen molar-refractivity contribution in [2.24, 2.45) is 28.7 Å². The summed E-state index contributed by atoms with van der Waals surface area (Å²) < 4.78 is 29.7. The number of nitrogens with one attached hydrogen (secondary N) is 1. The van der Waals surface area contributed by atoms with Crippen molar-refractivity contribution in [2.75, 3.05) is 13.7 Å². The summed E-state index contributed by atoms with van der Waals surface area (Å²) >= 11 is 0. The van der Waals surface area contributed by atoms with Gasteiger partial charge in [0.1, 0.15) is 18.3 Å². The van der Waals surface area contributed by atoms with Gasteiger partial charge in [0, 0.05) is 18.1 Å². The van der Waals surface area contributed by atoms with E-state index < -0.39 is 97.8 Å². The molecule has 36 heavy (non-hydrogen) atoms. The summed E-state index contributed by atoms with van der Waals surface area (Å²) in [7, 11) is 1.62. The molecule has 0 aromatic rings. The van der Waals surface area contributed by atoms with Crippen molar-refractivity contribution in [1.82, 2.24) is 5.32 Å². The van der Waals surface area contributed by atoms with Gasteiger partial charge >= 0.3 is 0 Å². The number of likely N-dealkylation sites (N-methyl/N-ethyl adjacent to an activating group) is 1. The number of aliphatic hydroxyl groups excluding tert-OH is 4. The Morgan fingerprint density at radius 2 is 1.50 bits per heavy atom. The lowest BCUT2D eigenvalue weighted by Crippen LogP contribution is -2.70. The molecule has 4 rings (SSSR count). The van der Waals surface area contributed by atoms with Crippen LogP contribution in [0.1, 0.15) is 19.3 Å². The quantitative estimate of drug-likeness (QED) is 0.155. The lowest BCUT2D eigenvalue weighted by Gasteiger charge is -2.51. The molecule has 0 aromatic heterocycles. The van der Waals surface area contributed by atoms with Crippen LogP contribution in [0.5, 0.6) is 0 Å². The molecule has 4 fully saturated rings. The SMILES string of the molecule is CNC1C(O[C@H]2OC(CO)[C@@H](N)CC2O)O[C@H]2CC(N)[C@@H](O[C@@H]3C(N)C[C@@H](N)C(O)[C@H]3N)OC2C1O. The highest BCUT2D eigenvalue weighted by Gasteiger charge is 2.53. The Labute approximate surface area is 209 Å². The van der Waals surface area contributed by atoms with Gasteiger partial charge in [-0.2, -0.15) is 0 Å². The van der Waals surface area contributed by atoms with Crippen LogP contribution in [0.3, 0.4) is 0 Å². The molecule has 1 saturated carbocycles. The summed E-state index contributed by atoms with van der Waals surface area (Å²) in [5, 5.41) is 44.3. The van der Waals surface area contributed by atoms with Gasteiger partial charge in [-0.05, 0) is 26.3 Å². The van der Waals surface area contributed by atoms with Gasteiger partial charge in [-0.25, -0.2) is 0 Å². The Balaban J connectivity index is 1.42. The van der Waals surface area contributed by atoms with Gasteiger partial charge in [0.05, 0.1) is 49.1 Å². The number of ether oxygens (including phenoxy) is 5. The van der Waals surface area contributed by atoms with Gasteiger partial charge in [0.2, 0.25) is 0 Å². The molecule has 3 heterocycles. The molecule has 15 nitrogen and oxygen atoms in total. The summed E-state index contributed by atoms with van der Waals surface area (Å²) in [6.45, 7) is -0.330. The average molecular weight is 523 g/mol. The van der Waals surface area contributed by atoms with E-state index in [2.05, 4.69) is 5.32 Å². The highest BCUT2D eigenvalue weighted by Crippen LogP contribution is 2.35. The molecule has 210 valence electrons. The van der Waals surface area contributed by atoms with E-state index in [0.29, 0.717) is 6.42 Å². The van der Waals surface area contributed by atoms with E-state index in [4.69, 9.17) is 52.4 Å². The molecule has 3 saturated heterocycles. The van der Waals surface area contributed by atoms with Gasteiger partial charge in [-0.3, -0.25) is 0 Å². The van der Waals surface area contributed by atoms with Crippen molar-refractivity contribution in [3.63, 3.8) is 0 Å². The van der Waals surface area contributed by atoms with Crippen molar-refractivity contribution < 1.29 is 44.1 Å². The number of hydrogen-bond donors (Lipinski definition) is 10. The maximum absolute atomic E-state index is 11.1. The number of hydrogen-bond acceptors (Lipinski definition) is 15. The van der Waals surface area contributed by atoms with Crippen molar-refractivity contribution in [3.8, 4) is 0 Å². The molecule has 16 atom stereocenters. The molecule has 15 N–H and O–H groups in total. The van der Waals surface area contributed by atoms with Crippen LogP contribution in [0, 0.1) is 0 Å². The zero-order valence-corrected chi connectivity index (χ0v) is 20.3.